The summed E-state index contributed by atoms with van der Waals surface area (Å²) >= 11 is 0. The molecule has 0 unspecified atom stereocenters. The Morgan fingerprint density at radius 1 is 1.58 bits per heavy atom. The molecule has 1 amide bonds. The first-order valence-corrected chi connectivity index (χ1v) is 7.37. The number of carbonyl (C=O) groups is 1. The summed E-state index contributed by atoms with van der Waals surface area (Å²) in [4.78, 5) is 10.9. The van der Waals surface area contributed by atoms with Crippen LogP contribution in [0.3, 0.4) is 0 Å². The molecule has 0 saturated heterocycles. The summed E-state index contributed by atoms with van der Waals surface area (Å²) < 4.78 is 0. The largest absolute Gasteiger partial charge is 0.342 e. The molecule has 0 rings (SSSR count). The molecule has 3 heteroatoms. The van der Waals surface area contributed by atoms with Gasteiger partial charge >= 0.3 is 0 Å². The Kier molecular flexibility index (Phi) is 4.38. The summed E-state index contributed by atoms with van der Waals surface area (Å²) in [5, 5.41) is 2.60. The minimum absolute atomic E-state index is 0.211. The SMILES string of the molecule is C=CCNC(=O)C#C[Si](C)(C)C. The zero-order valence-corrected chi connectivity index (χ0v) is 8.90. The maximum absolute atomic E-state index is 10.9. The lowest BCUT2D eigenvalue weighted by molar-refractivity contribution is -0.115. The second-order valence-corrected chi connectivity index (χ2v) is 8.25. The van der Waals surface area contributed by atoms with E-state index in [2.05, 4.69) is 43.0 Å². The van der Waals surface area contributed by atoms with Gasteiger partial charge in [-0.15, -0.1) is 12.1 Å². The lowest BCUT2D eigenvalue weighted by atomic mass is 10.5. The topological polar surface area (TPSA) is 29.1 Å². The molecule has 0 atom stereocenters. The van der Waals surface area contributed by atoms with Crippen molar-refractivity contribution in [3.8, 4) is 11.5 Å². The van der Waals surface area contributed by atoms with Crippen LogP contribution in [0.25, 0.3) is 0 Å². The Balaban J connectivity index is 3.96. The molecule has 0 saturated carbocycles. The number of hydrogen-bond donors (Lipinski definition) is 1. The van der Waals surface area contributed by atoms with E-state index < -0.39 is 8.07 Å². The monoisotopic (exact) mass is 181 g/mol. The van der Waals surface area contributed by atoms with E-state index in [4.69, 9.17) is 0 Å². The maximum Gasteiger partial charge on any atom is 0.295 e. The highest BCUT2D eigenvalue weighted by molar-refractivity contribution is 6.84. The summed E-state index contributed by atoms with van der Waals surface area (Å²) in [5.74, 6) is 2.36. The van der Waals surface area contributed by atoms with E-state index in [1.165, 1.54) is 0 Å². The van der Waals surface area contributed by atoms with Gasteiger partial charge in [0.1, 0.15) is 8.07 Å². The highest BCUT2D eigenvalue weighted by Gasteiger charge is 2.07. The van der Waals surface area contributed by atoms with Gasteiger partial charge in [-0.05, 0) is 5.92 Å². The fraction of sp³-hybridized carbons (Fsp3) is 0.444. The summed E-state index contributed by atoms with van der Waals surface area (Å²) in [7, 11) is -1.41. The van der Waals surface area contributed by atoms with Gasteiger partial charge in [-0.3, -0.25) is 4.79 Å². The molecule has 1 N–H and O–H groups in total. The van der Waals surface area contributed by atoms with Crippen LogP contribution in [0.2, 0.25) is 19.6 Å². The number of hydrogen-bond acceptors (Lipinski definition) is 1. The molecule has 0 radical (unpaired) electrons. The third kappa shape index (κ3) is 7.10. The molecule has 0 bridgehead atoms. The fourth-order valence-corrected chi connectivity index (χ4v) is 0.942. The molecular weight excluding hydrogens is 166 g/mol. The highest BCUT2D eigenvalue weighted by atomic mass is 28.3. The van der Waals surface area contributed by atoms with Crippen LogP contribution in [0.4, 0.5) is 0 Å². The number of carbonyl (C=O) groups excluding carboxylic acids is 1. The maximum atomic E-state index is 10.9. The third-order valence-corrected chi connectivity index (χ3v) is 1.83. The number of nitrogens with one attached hydrogen (secondary N) is 1. The molecule has 0 fully saturated rings. The molecule has 12 heavy (non-hydrogen) atoms. The Hall–Kier alpha value is -1.01. The number of rotatable bonds is 2. The van der Waals surface area contributed by atoms with Crippen molar-refractivity contribution in [1.29, 1.82) is 0 Å². The molecule has 0 aliphatic heterocycles. The standard InChI is InChI=1S/C9H15NOSi/c1-5-7-10-9(11)6-8-12(2,3)4/h5H,1,7H2,2-4H3,(H,10,11). The minimum Gasteiger partial charge on any atom is -0.342 e. The van der Waals surface area contributed by atoms with Crippen molar-refractivity contribution in [2.24, 2.45) is 0 Å². The van der Waals surface area contributed by atoms with Crippen LogP contribution in [0.1, 0.15) is 0 Å². The molecule has 0 heterocycles. The molecule has 0 aromatic carbocycles. The van der Waals surface area contributed by atoms with Crippen LogP contribution in [-0.2, 0) is 4.79 Å². The van der Waals surface area contributed by atoms with E-state index in [0.717, 1.165) is 0 Å². The van der Waals surface area contributed by atoms with Crippen LogP contribution < -0.4 is 5.32 Å². The lowest BCUT2D eigenvalue weighted by Gasteiger charge is -2.02. The summed E-state index contributed by atoms with van der Waals surface area (Å²) in [6, 6.07) is 0. The first-order chi connectivity index (χ1) is 5.45. The van der Waals surface area contributed by atoms with Gasteiger partial charge in [0, 0.05) is 6.54 Å². The zero-order chi connectivity index (χ0) is 9.61. The van der Waals surface area contributed by atoms with E-state index in [0.29, 0.717) is 6.54 Å². The Morgan fingerprint density at radius 3 is 2.58 bits per heavy atom. The average Bonchev–Trinajstić information content (AvgIpc) is 1.95. The van der Waals surface area contributed by atoms with Crippen molar-refractivity contribution in [3.63, 3.8) is 0 Å². The van der Waals surface area contributed by atoms with Gasteiger partial charge in [0.25, 0.3) is 5.91 Å². The summed E-state index contributed by atoms with van der Waals surface area (Å²) in [5.41, 5.74) is 2.97. The number of amides is 1. The van der Waals surface area contributed by atoms with Crippen molar-refractivity contribution in [2.75, 3.05) is 6.54 Å². The second kappa shape index (κ2) is 4.78. The molecule has 0 aromatic heterocycles. The van der Waals surface area contributed by atoms with E-state index in [9.17, 15) is 4.79 Å². The predicted molar refractivity (Wildman–Crippen MR) is 54.3 cm³/mol. The molecule has 66 valence electrons. The van der Waals surface area contributed by atoms with E-state index in [-0.39, 0.29) is 5.91 Å². The molecule has 2 nitrogen and oxygen atoms in total. The van der Waals surface area contributed by atoms with Gasteiger partial charge in [-0.2, -0.15) is 0 Å². The highest BCUT2D eigenvalue weighted by Crippen LogP contribution is 1.95. The van der Waals surface area contributed by atoms with Crippen molar-refractivity contribution in [3.05, 3.63) is 12.7 Å². The van der Waals surface area contributed by atoms with Gasteiger partial charge in [0.2, 0.25) is 0 Å². The van der Waals surface area contributed by atoms with Gasteiger partial charge in [-0.1, -0.05) is 25.7 Å². The molecular formula is C9H15NOSi. The van der Waals surface area contributed by atoms with E-state index in [1.807, 2.05) is 0 Å². The van der Waals surface area contributed by atoms with Gasteiger partial charge < -0.3 is 5.32 Å². The molecule has 0 aliphatic carbocycles. The third-order valence-electron chi connectivity index (χ3n) is 0.958. The summed E-state index contributed by atoms with van der Waals surface area (Å²) in [6.45, 7) is 10.3. The molecule has 0 aliphatic rings. The van der Waals surface area contributed by atoms with Crippen LogP contribution in [0.5, 0.6) is 0 Å². The molecule has 0 spiro atoms. The Morgan fingerprint density at radius 2 is 2.17 bits per heavy atom. The Bertz CT molecular complexity index is 229. The van der Waals surface area contributed by atoms with Crippen LogP contribution in [0, 0.1) is 11.5 Å². The van der Waals surface area contributed by atoms with E-state index >= 15 is 0 Å². The Labute approximate surface area is 75.1 Å². The first kappa shape index (κ1) is 11.0. The first-order valence-electron chi connectivity index (χ1n) is 3.87. The van der Waals surface area contributed by atoms with Crippen LogP contribution in [0.15, 0.2) is 12.7 Å². The minimum atomic E-state index is -1.41. The smallest absolute Gasteiger partial charge is 0.295 e. The van der Waals surface area contributed by atoms with Crippen molar-refractivity contribution in [1.82, 2.24) is 5.32 Å². The molecule has 0 aromatic rings. The van der Waals surface area contributed by atoms with Crippen molar-refractivity contribution in [2.45, 2.75) is 19.6 Å². The van der Waals surface area contributed by atoms with E-state index in [1.54, 1.807) is 6.08 Å². The lowest BCUT2D eigenvalue weighted by Crippen LogP contribution is -2.23. The van der Waals surface area contributed by atoms with Crippen molar-refractivity contribution >= 4 is 14.0 Å². The second-order valence-electron chi connectivity index (χ2n) is 3.50. The van der Waals surface area contributed by atoms with Crippen molar-refractivity contribution < 1.29 is 4.79 Å². The van der Waals surface area contributed by atoms with Gasteiger partial charge in [0.15, 0.2) is 0 Å². The quantitative estimate of drug-likeness (QED) is 0.387. The predicted octanol–water partition coefficient (Wildman–Crippen LogP) is 1.17. The average molecular weight is 181 g/mol. The van der Waals surface area contributed by atoms with Crippen LogP contribution in [-0.4, -0.2) is 20.5 Å². The zero-order valence-electron chi connectivity index (χ0n) is 7.90. The van der Waals surface area contributed by atoms with Gasteiger partial charge in [0.05, 0.1) is 0 Å². The van der Waals surface area contributed by atoms with Gasteiger partial charge in [-0.25, -0.2) is 0 Å². The summed E-state index contributed by atoms with van der Waals surface area (Å²) in [6.07, 6.45) is 1.63. The van der Waals surface area contributed by atoms with Crippen LogP contribution >= 0.6 is 0 Å². The normalized spacial score (nSPS) is 9.58. The fourth-order valence-electron chi connectivity index (χ4n) is 0.453.